The molecule has 158 valence electrons. The van der Waals surface area contributed by atoms with Crippen LogP contribution in [-0.4, -0.2) is 9.52 Å². The van der Waals surface area contributed by atoms with E-state index in [9.17, 15) is 0 Å². The van der Waals surface area contributed by atoms with Gasteiger partial charge in [0.25, 0.3) is 0 Å². The average Bonchev–Trinajstić information content (AvgIpc) is 3.44. The summed E-state index contributed by atoms with van der Waals surface area (Å²) in [5.41, 5.74) is 0. The second-order valence-corrected chi connectivity index (χ2v) is 7.52. The van der Waals surface area contributed by atoms with Crippen molar-refractivity contribution in [2.45, 2.75) is 52.6 Å². The largest absolute Gasteiger partial charge is 4.00 e. The van der Waals surface area contributed by atoms with Gasteiger partial charge in [-0.25, -0.2) is 0 Å². The van der Waals surface area contributed by atoms with Gasteiger partial charge in [0.05, 0.1) is 0 Å². The van der Waals surface area contributed by atoms with Gasteiger partial charge in [0.2, 0.25) is 0 Å². The van der Waals surface area contributed by atoms with Gasteiger partial charge >= 0.3 is 26.2 Å². The molecule has 0 spiro atoms. The Hall–Kier alpha value is -1.24. The molecule has 0 N–H and O–H groups in total. The standard InChI is InChI=1S/2C9H7.2C4H9.C2H6Si.Zr/c2*1-2-5-9-7-3-6-8(9)4-1;2*1-3-4-2;1-3-2;/h2*1-7H;2*1,3-4H2,2H3;1-2H3;/q4*-1;;+4. The van der Waals surface area contributed by atoms with Crippen molar-refractivity contribution in [1.29, 1.82) is 0 Å². The van der Waals surface area contributed by atoms with E-state index in [2.05, 4.69) is 126 Å². The fourth-order valence-electron chi connectivity index (χ4n) is 2.14. The summed E-state index contributed by atoms with van der Waals surface area (Å²) in [4.78, 5) is 0. The van der Waals surface area contributed by atoms with Crippen molar-refractivity contribution in [2.24, 2.45) is 0 Å². The zero-order valence-electron chi connectivity index (χ0n) is 19.3. The van der Waals surface area contributed by atoms with Crippen molar-refractivity contribution in [3.63, 3.8) is 0 Å². The third-order valence-corrected chi connectivity index (χ3v) is 3.80. The first-order valence-electron chi connectivity index (χ1n) is 10.6. The number of hydrogen-bond acceptors (Lipinski definition) is 0. The monoisotopic (exact) mass is 492 g/mol. The Kier molecular flexibility index (Phi) is 23.2. The SMILES string of the molecule is C[Si]C.[CH2-]CCC.[CH2-]CCC.[Zr+4].c1ccc2[cH-]ccc2c1.c1ccc2[cH-]ccc2c1. The molecule has 0 saturated carbocycles. The van der Waals surface area contributed by atoms with Gasteiger partial charge in [-0.1, -0.05) is 51.9 Å². The van der Waals surface area contributed by atoms with E-state index in [1.165, 1.54) is 34.4 Å². The van der Waals surface area contributed by atoms with E-state index in [0.29, 0.717) is 0 Å². The Morgan fingerprint density at radius 2 is 0.967 bits per heavy atom. The van der Waals surface area contributed by atoms with Crippen molar-refractivity contribution >= 4 is 31.1 Å². The molecule has 0 atom stereocenters. The van der Waals surface area contributed by atoms with Gasteiger partial charge in [-0.2, -0.15) is 47.9 Å². The molecule has 2 radical (unpaired) electrons. The number of fused-ring (bicyclic) bond motifs is 2. The van der Waals surface area contributed by atoms with Crippen LogP contribution >= 0.6 is 0 Å². The fraction of sp³-hybridized carbons (Fsp3) is 0.286. The predicted molar refractivity (Wildman–Crippen MR) is 137 cm³/mol. The normalized spacial score (nSPS) is 8.73. The van der Waals surface area contributed by atoms with Crippen molar-refractivity contribution in [3.8, 4) is 0 Å². The van der Waals surface area contributed by atoms with E-state index in [4.69, 9.17) is 0 Å². The summed E-state index contributed by atoms with van der Waals surface area (Å²) in [5.74, 6) is 0. The molecule has 0 saturated heterocycles. The Morgan fingerprint density at radius 1 is 0.667 bits per heavy atom. The van der Waals surface area contributed by atoms with Crippen LogP contribution < -0.4 is 0 Å². The number of unbranched alkanes of at least 4 members (excludes halogenated alkanes) is 2. The minimum Gasteiger partial charge on any atom is -0.343 e. The summed E-state index contributed by atoms with van der Waals surface area (Å²) in [5, 5.41) is 5.32. The summed E-state index contributed by atoms with van der Waals surface area (Å²) in [7, 11) is 1.08. The molecule has 4 aromatic rings. The Morgan fingerprint density at radius 3 is 1.23 bits per heavy atom. The van der Waals surface area contributed by atoms with Gasteiger partial charge in [-0.05, 0) is 0 Å². The van der Waals surface area contributed by atoms with Crippen molar-refractivity contribution in [3.05, 3.63) is 98.8 Å². The fourth-order valence-corrected chi connectivity index (χ4v) is 2.14. The van der Waals surface area contributed by atoms with E-state index in [-0.39, 0.29) is 26.2 Å². The van der Waals surface area contributed by atoms with Crippen LogP contribution in [0.3, 0.4) is 0 Å². The minimum atomic E-state index is 0. The van der Waals surface area contributed by atoms with E-state index < -0.39 is 0 Å². The van der Waals surface area contributed by atoms with E-state index in [0.717, 1.165) is 22.4 Å². The van der Waals surface area contributed by atoms with E-state index >= 15 is 0 Å². The third-order valence-electron chi connectivity index (χ3n) is 3.80. The Balaban J connectivity index is 0. The molecular formula is C28H38SiZr. The zero-order chi connectivity index (χ0) is 21.7. The molecule has 0 aromatic heterocycles. The van der Waals surface area contributed by atoms with Gasteiger partial charge in [-0.3, -0.25) is 0 Å². The second kappa shape index (κ2) is 22.4. The topological polar surface area (TPSA) is 0 Å². The van der Waals surface area contributed by atoms with Crippen LogP contribution in [0.4, 0.5) is 0 Å². The van der Waals surface area contributed by atoms with Crippen LogP contribution in [0.1, 0.15) is 39.5 Å². The van der Waals surface area contributed by atoms with Crippen LogP contribution in [0.5, 0.6) is 0 Å². The van der Waals surface area contributed by atoms with E-state index in [1.54, 1.807) is 0 Å². The van der Waals surface area contributed by atoms with Gasteiger partial charge in [0.15, 0.2) is 0 Å². The molecule has 0 bridgehead atoms. The quantitative estimate of drug-likeness (QED) is 0.193. The van der Waals surface area contributed by atoms with Crippen LogP contribution in [0, 0.1) is 13.8 Å². The summed E-state index contributed by atoms with van der Waals surface area (Å²) in [6, 6.07) is 29.3. The molecule has 2 heteroatoms. The first-order valence-corrected chi connectivity index (χ1v) is 12.6. The molecule has 0 nitrogen and oxygen atoms in total. The summed E-state index contributed by atoms with van der Waals surface area (Å²) in [6.45, 7) is 15.7. The average molecular weight is 494 g/mol. The van der Waals surface area contributed by atoms with Crippen LogP contribution in [0.15, 0.2) is 84.9 Å². The summed E-state index contributed by atoms with van der Waals surface area (Å²) in [6.07, 6.45) is 4.56. The predicted octanol–water partition coefficient (Wildman–Crippen LogP) is 9.14. The number of rotatable bonds is 2. The number of benzene rings is 2. The molecule has 0 amide bonds. The first kappa shape index (κ1) is 30.9. The third kappa shape index (κ3) is 14.7. The molecule has 0 heterocycles. The minimum absolute atomic E-state index is 0. The molecule has 0 fully saturated rings. The van der Waals surface area contributed by atoms with Gasteiger partial charge in [-0.15, -0.1) is 59.3 Å². The van der Waals surface area contributed by atoms with Crippen LogP contribution in [0.2, 0.25) is 13.1 Å². The smallest absolute Gasteiger partial charge is 0.343 e. The maximum absolute atomic E-state index is 3.60. The van der Waals surface area contributed by atoms with Crippen molar-refractivity contribution in [2.75, 3.05) is 0 Å². The summed E-state index contributed by atoms with van der Waals surface area (Å²) < 4.78 is 0. The molecule has 30 heavy (non-hydrogen) atoms. The molecule has 4 aromatic carbocycles. The van der Waals surface area contributed by atoms with Gasteiger partial charge in [0.1, 0.15) is 0 Å². The van der Waals surface area contributed by atoms with Gasteiger partial charge in [0, 0.05) is 9.52 Å². The van der Waals surface area contributed by atoms with Crippen LogP contribution in [0.25, 0.3) is 21.5 Å². The van der Waals surface area contributed by atoms with Crippen molar-refractivity contribution in [1.82, 2.24) is 0 Å². The molecule has 0 aliphatic heterocycles. The molecular weight excluding hydrogens is 456 g/mol. The molecule has 0 unspecified atom stereocenters. The maximum Gasteiger partial charge on any atom is 4.00 e. The zero-order valence-corrected chi connectivity index (χ0v) is 22.8. The molecule has 0 aliphatic carbocycles. The van der Waals surface area contributed by atoms with Crippen molar-refractivity contribution < 1.29 is 26.2 Å². The maximum atomic E-state index is 3.60. The molecule has 0 aliphatic rings. The Bertz CT molecular complexity index is 694. The number of hydrogen-bond donors (Lipinski definition) is 0. The summed E-state index contributed by atoms with van der Waals surface area (Å²) >= 11 is 0. The van der Waals surface area contributed by atoms with Crippen LogP contribution in [-0.2, 0) is 26.2 Å². The second-order valence-electron chi connectivity index (χ2n) is 6.52. The Labute approximate surface area is 207 Å². The van der Waals surface area contributed by atoms with Gasteiger partial charge < -0.3 is 13.8 Å². The molecule has 4 rings (SSSR count). The first-order chi connectivity index (χ1) is 14.2. The van der Waals surface area contributed by atoms with E-state index in [1.807, 2.05) is 0 Å².